The second-order valence-electron chi connectivity index (χ2n) is 4.55. The van der Waals surface area contributed by atoms with Crippen molar-refractivity contribution in [3.8, 4) is 5.75 Å². The number of aliphatic hydroxyl groups is 1. The SMILES string of the molecule is COc1ccccc1CNc1ccc(N)c(CCO)c1. The van der Waals surface area contributed by atoms with Crippen molar-refractivity contribution in [3.63, 3.8) is 0 Å². The van der Waals surface area contributed by atoms with Gasteiger partial charge in [0.2, 0.25) is 0 Å². The Bertz CT molecular complexity index is 570. The number of para-hydroxylation sites is 1. The molecule has 0 bridgehead atoms. The number of hydrogen-bond donors (Lipinski definition) is 3. The van der Waals surface area contributed by atoms with Gasteiger partial charge in [-0.1, -0.05) is 18.2 Å². The summed E-state index contributed by atoms with van der Waals surface area (Å²) in [5, 5.41) is 12.4. The molecule has 0 radical (unpaired) electrons. The zero-order valence-electron chi connectivity index (χ0n) is 11.6. The molecule has 0 aliphatic rings. The van der Waals surface area contributed by atoms with Crippen LogP contribution in [0, 0.1) is 0 Å². The number of methoxy groups -OCH3 is 1. The number of rotatable bonds is 6. The Hall–Kier alpha value is -2.20. The minimum absolute atomic E-state index is 0.0974. The predicted octanol–water partition coefficient (Wildman–Crippen LogP) is 2.42. The summed E-state index contributed by atoms with van der Waals surface area (Å²) in [4.78, 5) is 0. The third kappa shape index (κ3) is 3.42. The van der Waals surface area contributed by atoms with Crippen LogP contribution in [0.1, 0.15) is 11.1 Å². The van der Waals surface area contributed by atoms with Crippen LogP contribution in [0.3, 0.4) is 0 Å². The molecule has 0 aliphatic carbocycles. The molecule has 4 nitrogen and oxygen atoms in total. The van der Waals surface area contributed by atoms with Crippen LogP contribution in [-0.4, -0.2) is 18.8 Å². The molecule has 0 unspecified atom stereocenters. The molecule has 0 spiro atoms. The molecule has 0 atom stereocenters. The Morgan fingerprint density at radius 1 is 1.15 bits per heavy atom. The highest BCUT2D eigenvalue weighted by molar-refractivity contribution is 5.57. The Kier molecular flexibility index (Phi) is 4.85. The summed E-state index contributed by atoms with van der Waals surface area (Å²) in [6.07, 6.45) is 0.565. The molecule has 0 saturated heterocycles. The molecule has 2 aromatic carbocycles. The molecule has 2 rings (SSSR count). The Balaban J connectivity index is 2.09. The average molecular weight is 272 g/mol. The minimum Gasteiger partial charge on any atom is -0.496 e. The zero-order valence-corrected chi connectivity index (χ0v) is 11.6. The topological polar surface area (TPSA) is 67.5 Å². The van der Waals surface area contributed by atoms with E-state index in [1.54, 1.807) is 7.11 Å². The summed E-state index contributed by atoms with van der Waals surface area (Å²) in [5.74, 6) is 0.867. The Morgan fingerprint density at radius 2 is 1.95 bits per heavy atom. The van der Waals surface area contributed by atoms with Gasteiger partial charge >= 0.3 is 0 Å². The van der Waals surface area contributed by atoms with Gasteiger partial charge in [-0.05, 0) is 36.2 Å². The van der Waals surface area contributed by atoms with E-state index >= 15 is 0 Å². The molecule has 4 heteroatoms. The molecule has 0 aliphatic heterocycles. The van der Waals surface area contributed by atoms with Gasteiger partial charge in [-0.25, -0.2) is 0 Å². The molecule has 2 aromatic rings. The quantitative estimate of drug-likeness (QED) is 0.706. The number of nitrogens with two attached hydrogens (primary N) is 1. The maximum Gasteiger partial charge on any atom is 0.123 e. The predicted molar refractivity (Wildman–Crippen MR) is 82.0 cm³/mol. The Morgan fingerprint density at radius 3 is 2.70 bits per heavy atom. The van der Waals surface area contributed by atoms with E-state index in [0.29, 0.717) is 18.7 Å². The van der Waals surface area contributed by atoms with Crippen LogP contribution in [0.25, 0.3) is 0 Å². The normalized spacial score (nSPS) is 10.3. The smallest absolute Gasteiger partial charge is 0.123 e. The van der Waals surface area contributed by atoms with Crippen molar-refractivity contribution in [3.05, 3.63) is 53.6 Å². The third-order valence-electron chi connectivity index (χ3n) is 3.20. The molecule has 0 fully saturated rings. The van der Waals surface area contributed by atoms with Crippen LogP contribution >= 0.6 is 0 Å². The van der Waals surface area contributed by atoms with Gasteiger partial charge in [-0.15, -0.1) is 0 Å². The van der Waals surface area contributed by atoms with E-state index in [0.717, 1.165) is 22.6 Å². The van der Waals surface area contributed by atoms with Crippen molar-refractivity contribution < 1.29 is 9.84 Å². The van der Waals surface area contributed by atoms with Crippen molar-refractivity contribution in [2.75, 3.05) is 24.8 Å². The molecular formula is C16H20N2O2. The van der Waals surface area contributed by atoms with E-state index in [1.165, 1.54) is 0 Å². The summed E-state index contributed by atoms with van der Waals surface area (Å²) in [7, 11) is 1.67. The summed E-state index contributed by atoms with van der Waals surface area (Å²) >= 11 is 0. The van der Waals surface area contributed by atoms with Gasteiger partial charge in [0.15, 0.2) is 0 Å². The third-order valence-corrected chi connectivity index (χ3v) is 3.20. The number of nitrogens with one attached hydrogen (secondary N) is 1. The number of benzene rings is 2. The largest absolute Gasteiger partial charge is 0.496 e. The minimum atomic E-state index is 0.0974. The van der Waals surface area contributed by atoms with E-state index in [4.69, 9.17) is 15.6 Å². The maximum atomic E-state index is 9.02. The van der Waals surface area contributed by atoms with E-state index in [2.05, 4.69) is 5.32 Å². The lowest BCUT2D eigenvalue weighted by Crippen LogP contribution is -2.04. The molecule has 20 heavy (non-hydrogen) atoms. The first-order chi connectivity index (χ1) is 9.74. The maximum absolute atomic E-state index is 9.02. The average Bonchev–Trinajstić information content (AvgIpc) is 2.48. The molecular weight excluding hydrogens is 252 g/mol. The van der Waals surface area contributed by atoms with Gasteiger partial charge in [0.25, 0.3) is 0 Å². The monoisotopic (exact) mass is 272 g/mol. The van der Waals surface area contributed by atoms with Gasteiger partial charge in [0.1, 0.15) is 5.75 Å². The van der Waals surface area contributed by atoms with Crippen LogP contribution in [-0.2, 0) is 13.0 Å². The van der Waals surface area contributed by atoms with Crippen LogP contribution < -0.4 is 15.8 Å². The van der Waals surface area contributed by atoms with E-state index in [-0.39, 0.29) is 6.61 Å². The van der Waals surface area contributed by atoms with Gasteiger partial charge in [-0.3, -0.25) is 0 Å². The molecule has 0 heterocycles. The first kappa shape index (κ1) is 14.2. The highest BCUT2D eigenvalue weighted by atomic mass is 16.5. The summed E-state index contributed by atoms with van der Waals surface area (Å²) in [5.41, 5.74) is 9.61. The molecule has 0 saturated carbocycles. The number of nitrogen functional groups attached to an aromatic ring is 1. The van der Waals surface area contributed by atoms with E-state index in [1.807, 2.05) is 42.5 Å². The molecule has 0 aromatic heterocycles. The molecule has 4 N–H and O–H groups in total. The first-order valence-electron chi connectivity index (χ1n) is 6.59. The number of aliphatic hydroxyl groups excluding tert-OH is 1. The lowest BCUT2D eigenvalue weighted by atomic mass is 10.1. The highest BCUT2D eigenvalue weighted by Crippen LogP contribution is 2.21. The Labute approximate surface area is 119 Å². The number of ether oxygens (including phenoxy) is 1. The van der Waals surface area contributed by atoms with Gasteiger partial charge in [0.05, 0.1) is 7.11 Å². The fraction of sp³-hybridized carbons (Fsp3) is 0.250. The van der Waals surface area contributed by atoms with Crippen molar-refractivity contribution in [2.24, 2.45) is 0 Å². The first-order valence-corrected chi connectivity index (χ1v) is 6.59. The van der Waals surface area contributed by atoms with E-state index in [9.17, 15) is 0 Å². The number of anilines is 2. The summed E-state index contributed by atoms with van der Waals surface area (Å²) in [6.45, 7) is 0.770. The van der Waals surface area contributed by atoms with E-state index < -0.39 is 0 Å². The van der Waals surface area contributed by atoms with Crippen molar-refractivity contribution in [1.82, 2.24) is 0 Å². The van der Waals surface area contributed by atoms with Crippen molar-refractivity contribution in [2.45, 2.75) is 13.0 Å². The second-order valence-corrected chi connectivity index (χ2v) is 4.55. The highest BCUT2D eigenvalue weighted by Gasteiger charge is 2.03. The van der Waals surface area contributed by atoms with Crippen LogP contribution in [0.4, 0.5) is 11.4 Å². The zero-order chi connectivity index (χ0) is 14.4. The lowest BCUT2D eigenvalue weighted by molar-refractivity contribution is 0.300. The second kappa shape index (κ2) is 6.82. The summed E-state index contributed by atoms with van der Waals surface area (Å²) in [6, 6.07) is 13.7. The molecule has 0 amide bonds. The van der Waals surface area contributed by atoms with Gasteiger partial charge < -0.3 is 20.9 Å². The fourth-order valence-corrected chi connectivity index (χ4v) is 2.10. The fourth-order valence-electron chi connectivity index (χ4n) is 2.10. The van der Waals surface area contributed by atoms with Crippen LogP contribution in [0.15, 0.2) is 42.5 Å². The van der Waals surface area contributed by atoms with Gasteiger partial charge in [0, 0.05) is 30.1 Å². The standard InChI is InChI=1S/C16H20N2O2/c1-20-16-5-3-2-4-13(16)11-18-14-6-7-15(17)12(10-14)8-9-19/h2-7,10,18-19H,8-9,11,17H2,1H3. The van der Waals surface area contributed by atoms with Crippen molar-refractivity contribution >= 4 is 11.4 Å². The van der Waals surface area contributed by atoms with Gasteiger partial charge in [-0.2, -0.15) is 0 Å². The molecule has 106 valence electrons. The summed E-state index contributed by atoms with van der Waals surface area (Å²) < 4.78 is 5.32. The van der Waals surface area contributed by atoms with Crippen LogP contribution in [0.2, 0.25) is 0 Å². The van der Waals surface area contributed by atoms with Crippen LogP contribution in [0.5, 0.6) is 5.75 Å². The number of hydrogen-bond acceptors (Lipinski definition) is 4. The lowest BCUT2D eigenvalue weighted by Gasteiger charge is -2.12. The van der Waals surface area contributed by atoms with Crippen molar-refractivity contribution in [1.29, 1.82) is 0 Å².